The summed E-state index contributed by atoms with van der Waals surface area (Å²) in [6.07, 6.45) is 1.74. The van der Waals surface area contributed by atoms with E-state index < -0.39 is 0 Å². The zero-order valence-electron chi connectivity index (χ0n) is 9.61. The summed E-state index contributed by atoms with van der Waals surface area (Å²) in [7, 11) is 0. The molecule has 0 aliphatic carbocycles. The van der Waals surface area contributed by atoms with Crippen LogP contribution in [0.15, 0.2) is 12.3 Å². The molecule has 2 aromatic rings. The van der Waals surface area contributed by atoms with Crippen molar-refractivity contribution in [2.45, 2.75) is 27.3 Å². The molecule has 0 fully saturated rings. The molecular formula is C11H14N4O. The quantitative estimate of drug-likeness (QED) is 0.817. The minimum absolute atomic E-state index is 0.0521. The topological polar surface area (TPSA) is 59.3 Å². The van der Waals surface area contributed by atoms with Crippen LogP contribution in [0.2, 0.25) is 0 Å². The Balaban J connectivity index is 2.43. The number of carbonyl (C=O) groups is 1. The van der Waals surface area contributed by atoms with Gasteiger partial charge in [-0.2, -0.15) is 5.10 Å². The van der Waals surface area contributed by atoms with E-state index in [0.29, 0.717) is 6.54 Å². The van der Waals surface area contributed by atoms with Gasteiger partial charge in [0.15, 0.2) is 5.65 Å². The highest BCUT2D eigenvalue weighted by atomic mass is 16.1. The number of amides is 1. The van der Waals surface area contributed by atoms with E-state index >= 15 is 0 Å². The van der Waals surface area contributed by atoms with Crippen LogP contribution in [0.1, 0.15) is 23.9 Å². The van der Waals surface area contributed by atoms with Crippen LogP contribution in [-0.2, 0) is 11.3 Å². The predicted octanol–water partition coefficient (Wildman–Crippen LogP) is 0.982. The number of rotatable bonds is 2. The van der Waals surface area contributed by atoms with Gasteiger partial charge in [-0.25, -0.2) is 9.50 Å². The largest absolute Gasteiger partial charge is 0.352 e. The van der Waals surface area contributed by atoms with Gasteiger partial charge in [-0.1, -0.05) is 0 Å². The Morgan fingerprint density at radius 1 is 1.50 bits per heavy atom. The van der Waals surface area contributed by atoms with Crippen LogP contribution in [0.3, 0.4) is 0 Å². The summed E-state index contributed by atoms with van der Waals surface area (Å²) in [4.78, 5) is 15.3. The van der Waals surface area contributed by atoms with Crippen molar-refractivity contribution >= 4 is 11.6 Å². The van der Waals surface area contributed by atoms with Crippen molar-refractivity contribution in [1.29, 1.82) is 0 Å². The Labute approximate surface area is 93.5 Å². The van der Waals surface area contributed by atoms with E-state index in [1.54, 1.807) is 10.7 Å². The molecule has 5 nitrogen and oxygen atoms in total. The second kappa shape index (κ2) is 3.92. The standard InChI is InChI=1S/C11H14N4O/c1-7-4-8(2)15-11(14-7)10(6-13-15)5-12-9(3)16/h4,6H,5H2,1-3H3,(H,12,16). The van der Waals surface area contributed by atoms with Crippen LogP contribution in [0.4, 0.5) is 0 Å². The van der Waals surface area contributed by atoms with E-state index in [1.807, 2.05) is 19.9 Å². The van der Waals surface area contributed by atoms with Crippen LogP contribution in [0.5, 0.6) is 0 Å². The average molecular weight is 218 g/mol. The lowest BCUT2D eigenvalue weighted by Gasteiger charge is -2.02. The lowest BCUT2D eigenvalue weighted by Crippen LogP contribution is -2.18. The van der Waals surface area contributed by atoms with Crippen molar-refractivity contribution in [3.05, 3.63) is 29.2 Å². The maximum absolute atomic E-state index is 10.9. The second-order valence-electron chi connectivity index (χ2n) is 3.85. The Morgan fingerprint density at radius 3 is 2.94 bits per heavy atom. The van der Waals surface area contributed by atoms with Gasteiger partial charge >= 0.3 is 0 Å². The van der Waals surface area contributed by atoms with Gasteiger partial charge in [0, 0.05) is 30.4 Å². The van der Waals surface area contributed by atoms with E-state index in [2.05, 4.69) is 15.4 Å². The molecule has 0 unspecified atom stereocenters. The first-order valence-corrected chi connectivity index (χ1v) is 5.13. The monoisotopic (exact) mass is 218 g/mol. The molecule has 2 rings (SSSR count). The molecule has 0 spiro atoms. The van der Waals surface area contributed by atoms with Crippen LogP contribution >= 0.6 is 0 Å². The van der Waals surface area contributed by atoms with E-state index in [9.17, 15) is 4.79 Å². The zero-order chi connectivity index (χ0) is 11.7. The molecule has 0 aliphatic heterocycles. The summed E-state index contributed by atoms with van der Waals surface area (Å²) in [5.41, 5.74) is 3.74. The number of hydrogen-bond acceptors (Lipinski definition) is 3. The van der Waals surface area contributed by atoms with E-state index in [-0.39, 0.29) is 5.91 Å². The predicted molar refractivity (Wildman–Crippen MR) is 60.0 cm³/mol. The summed E-state index contributed by atoms with van der Waals surface area (Å²) in [5.74, 6) is -0.0521. The molecule has 5 heteroatoms. The first-order valence-electron chi connectivity index (χ1n) is 5.13. The smallest absolute Gasteiger partial charge is 0.217 e. The lowest BCUT2D eigenvalue weighted by atomic mass is 10.3. The van der Waals surface area contributed by atoms with Gasteiger partial charge in [-0.15, -0.1) is 0 Å². The molecule has 0 saturated carbocycles. The molecule has 0 atom stereocenters. The number of nitrogens with one attached hydrogen (secondary N) is 1. The summed E-state index contributed by atoms with van der Waals surface area (Å²) >= 11 is 0. The van der Waals surface area contributed by atoms with Gasteiger partial charge < -0.3 is 5.32 Å². The zero-order valence-corrected chi connectivity index (χ0v) is 9.61. The van der Waals surface area contributed by atoms with Gasteiger partial charge in [0.2, 0.25) is 5.91 Å². The number of hydrogen-bond donors (Lipinski definition) is 1. The summed E-state index contributed by atoms with van der Waals surface area (Å²) in [6.45, 7) is 5.89. The van der Waals surface area contributed by atoms with E-state index in [0.717, 1.165) is 22.6 Å². The molecule has 0 radical (unpaired) electrons. The van der Waals surface area contributed by atoms with E-state index in [4.69, 9.17) is 0 Å². The lowest BCUT2D eigenvalue weighted by molar-refractivity contribution is -0.119. The van der Waals surface area contributed by atoms with Crippen molar-refractivity contribution in [3.8, 4) is 0 Å². The molecule has 1 N–H and O–H groups in total. The van der Waals surface area contributed by atoms with Crippen molar-refractivity contribution in [3.63, 3.8) is 0 Å². The molecule has 0 aliphatic rings. The molecular weight excluding hydrogens is 204 g/mol. The molecule has 0 aromatic carbocycles. The fourth-order valence-electron chi connectivity index (χ4n) is 1.66. The van der Waals surface area contributed by atoms with Gasteiger partial charge in [0.05, 0.1) is 6.20 Å². The summed E-state index contributed by atoms with van der Waals surface area (Å²) < 4.78 is 1.78. The molecule has 1 amide bonds. The van der Waals surface area contributed by atoms with Crippen LogP contribution in [0, 0.1) is 13.8 Å². The minimum atomic E-state index is -0.0521. The van der Waals surface area contributed by atoms with E-state index in [1.165, 1.54) is 6.92 Å². The molecule has 0 bridgehead atoms. The highest BCUT2D eigenvalue weighted by molar-refractivity contribution is 5.73. The van der Waals surface area contributed by atoms with Crippen molar-refractivity contribution in [1.82, 2.24) is 19.9 Å². The molecule has 16 heavy (non-hydrogen) atoms. The van der Waals surface area contributed by atoms with Crippen molar-refractivity contribution in [2.24, 2.45) is 0 Å². The Kier molecular flexibility index (Phi) is 2.60. The van der Waals surface area contributed by atoms with Crippen LogP contribution in [0.25, 0.3) is 5.65 Å². The molecule has 0 saturated heterocycles. The van der Waals surface area contributed by atoms with Crippen LogP contribution in [-0.4, -0.2) is 20.5 Å². The van der Waals surface area contributed by atoms with Gasteiger partial charge in [-0.05, 0) is 19.9 Å². The number of fused-ring (bicyclic) bond motifs is 1. The molecule has 84 valence electrons. The van der Waals surface area contributed by atoms with Gasteiger partial charge in [0.1, 0.15) is 0 Å². The maximum atomic E-state index is 10.9. The second-order valence-corrected chi connectivity index (χ2v) is 3.85. The molecule has 2 aromatic heterocycles. The SMILES string of the molecule is CC(=O)NCc1cnn2c(C)cc(C)nc12. The summed E-state index contributed by atoms with van der Waals surface area (Å²) in [5, 5.41) is 6.99. The first kappa shape index (κ1) is 10.6. The Hall–Kier alpha value is -1.91. The van der Waals surface area contributed by atoms with Crippen molar-refractivity contribution < 1.29 is 4.79 Å². The minimum Gasteiger partial charge on any atom is -0.352 e. The summed E-state index contributed by atoms with van der Waals surface area (Å²) in [6, 6.07) is 1.97. The number of aryl methyl sites for hydroxylation is 2. The normalized spacial score (nSPS) is 10.7. The molecule has 2 heterocycles. The van der Waals surface area contributed by atoms with Gasteiger partial charge in [0.25, 0.3) is 0 Å². The number of nitrogens with zero attached hydrogens (tertiary/aromatic N) is 3. The third kappa shape index (κ3) is 1.88. The number of carbonyl (C=O) groups excluding carboxylic acids is 1. The van der Waals surface area contributed by atoms with Crippen LogP contribution < -0.4 is 5.32 Å². The third-order valence-corrected chi connectivity index (χ3v) is 2.38. The van der Waals surface area contributed by atoms with Crippen molar-refractivity contribution in [2.75, 3.05) is 0 Å². The Bertz CT molecular complexity index is 544. The first-order chi connectivity index (χ1) is 7.58. The average Bonchev–Trinajstić information content (AvgIpc) is 2.58. The number of aromatic nitrogens is 3. The fourth-order valence-corrected chi connectivity index (χ4v) is 1.66. The third-order valence-electron chi connectivity index (χ3n) is 2.38. The Morgan fingerprint density at radius 2 is 2.25 bits per heavy atom. The highest BCUT2D eigenvalue weighted by Gasteiger charge is 2.08. The van der Waals surface area contributed by atoms with Gasteiger partial charge in [-0.3, -0.25) is 4.79 Å². The maximum Gasteiger partial charge on any atom is 0.217 e. The fraction of sp³-hybridized carbons (Fsp3) is 0.364. The highest BCUT2D eigenvalue weighted by Crippen LogP contribution is 2.11.